The summed E-state index contributed by atoms with van der Waals surface area (Å²) in [6, 6.07) is 0. The molecule has 0 aliphatic carbocycles. The van der Waals surface area contributed by atoms with Crippen molar-refractivity contribution in [1.29, 1.82) is 0 Å². The lowest BCUT2D eigenvalue weighted by molar-refractivity contribution is 0.217. The molecule has 0 spiro atoms. The van der Waals surface area contributed by atoms with E-state index in [0.717, 1.165) is 6.35 Å². The van der Waals surface area contributed by atoms with Crippen LogP contribution in [0.5, 0.6) is 0 Å². The first-order valence-corrected chi connectivity index (χ1v) is 5.02. The van der Waals surface area contributed by atoms with E-state index in [9.17, 15) is 0 Å². The second-order valence-electron chi connectivity index (χ2n) is 2.56. The molecule has 0 unspecified atom stereocenters. The van der Waals surface area contributed by atoms with Crippen molar-refractivity contribution in [3.05, 3.63) is 22.7 Å². The highest BCUT2D eigenvalue weighted by Crippen LogP contribution is 2.33. The minimum absolute atomic E-state index is 0.0702. The molecule has 0 aromatic carbocycles. The Hall–Kier alpha value is -0.260. The van der Waals surface area contributed by atoms with Crippen molar-refractivity contribution in [3.63, 3.8) is 0 Å². The van der Waals surface area contributed by atoms with Crippen LogP contribution in [-0.2, 0) is 11.1 Å². The van der Waals surface area contributed by atoms with Gasteiger partial charge in [-0.05, 0) is 36.6 Å². The van der Waals surface area contributed by atoms with Crippen LogP contribution in [0.1, 0.15) is 11.1 Å². The number of hydrogen-bond acceptors (Lipinski definition) is 1. The van der Waals surface area contributed by atoms with Gasteiger partial charge in [-0.25, -0.2) is 0 Å². The van der Waals surface area contributed by atoms with E-state index in [1.165, 1.54) is 11.1 Å². The highest BCUT2D eigenvalue weighted by molar-refractivity contribution is 7.47. The van der Waals surface area contributed by atoms with Crippen molar-refractivity contribution in [1.82, 2.24) is 0 Å². The maximum absolute atomic E-state index is 5.06. The summed E-state index contributed by atoms with van der Waals surface area (Å²) in [6.07, 6.45) is 0.879. The van der Waals surface area contributed by atoms with Crippen LogP contribution in [0.2, 0.25) is 0 Å². The Balaban J connectivity index is 2.77. The first kappa shape index (κ1) is 7.84. The Morgan fingerprint density at radius 1 is 1.30 bits per heavy atom. The molecule has 10 heavy (non-hydrogen) atoms. The van der Waals surface area contributed by atoms with Crippen molar-refractivity contribution in [3.8, 4) is 0 Å². The van der Waals surface area contributed by atoms with E-state index in [-0.39, 0.29) is 7.53 Å². The fraction of sp³-hybridized carbons (Fsp3) is 0.500. The Morgan fingerprint density at radius 3 is 2.20 bits per heavy atom. The lowest BCUT2D eigenvalue weighted by atomic mass is 10.2. The zero-order valence-electron chi connectivity index (χ0n) is 6.72. The van der Waals surface area contributed by atoms with Gasteiger partial charge in [-0.15, -0.1) is 0 Å². The van der Waals surface area contributed by atoms with Gasteiger partial charge < -0.3 is 4.74 Å². The van der Waals surface area contributed by atoms with Crippen molar-refractivity contribution in [2.24, 2.45) is 0 Å². The first-order valence-electron chi connectivity index (χ1n) is 3.36. The van der Waals surface area contributed by atoms with Crippen LogP contribution < -0.4 is 0 Å². The van der Waals surface area contributed by atoms with Crippen LogP contribution in [-0.4, -0.2) is 7.11 Å². The van der Waals surface area contributed by atoms with Crippen LogP contribution in [0.25, 0.3) is 0 Å². The maximum atomic E-state index is 5.06. The van der Waals surface area contributed by atoms with E-state index in [1.807, 2.05) is 0 Å². The Labute approximate surface area is 63.1 Å². The highest BCUT2D eigenvalue weighted by Gasteiger charge is 1.96. The van der Waals surface area contributed by atoms with E-state index in [1.54, 1.807) is 7.11 Å². The largest absolute Gasteiger partial charge is 0.376 e. The number of ether oxygens (including phenoxy) is 1. The highest BCUT2D eigenvalue weighted by atomic mass is 31.1. The second-order valence-corrected chi connectivity index (χ2v) is 4.36. The number of hydrogen-bond donors (Lipinski definition) is 0. The molecule has 1 aromatic heterocycles. The molecule has 0 amide bonds. The molecule has 0 aliphatic rings. The Kier molecular flexibility index (Phi) is 2.53. The van der Waals surface area contributed by atoms with Crippen LogP contribution in [0.4, 0.5) is 0 Å². The summed E-state index contributed by atoms with van der Waals surface area (Å²) in [5.41, 5.74) is 2.84. The summed E-state index contributed by atoms with van der Waals surface area (Å²) in [5, 5.41) is 0. The zero-order chi connectivity index (χ0) is 7.56. The minimum atomic E-state index is -0.0702. The van der Waals surface area contributed by atoms with E-state index in [4.69, 9.17) is 4.74 Å². The Bertz CT molecular complexity index is 196. The van der Waals surface area contributed by atoms with Crippen LogP contribution >= 0.6 is 7.53 Å². The van der Waals surface area contributed by atoms with E-state index >= 15 is 0 Å². The van der Waals surface area contributed by atoms with Crippen molar-refractivity contribution in [2.75, 3.05) is 7.11 Å². The zero-order valence-corrected chi connectivity index (χ0v) is 7.61. The third-order valence-electron chi connectivity index (χ3n) is 1.62. The van der Waals surface area contributed by atoms with Gasteiger partial charge in [0.05, 0.1) is 6.35 Å². The van der Waals surface area contributed by atoms with Gasteiger partial charge in [-0.1, -0.05) is 7.53 Å². The van der Waals surface area contributed by atoms with Crippen LogP contribution in [0.15, 0.2) is 11.6 Å². The lowest BCUT2D eigenvalue weighted by Gasteiger charge is -1.92. The van der Waals surface area contributed by atoms with Crippen molar-refractivity contribution >= 4 is 7.53 Å². The molecule has 0 saturated carbocycles. The van der Waals surface area contributed by atoms with Gasteiger partial charge in [-0.3, -0.25) is 0 Å². The fourth-order valence-electron chi connectivity index (χ4n) is 0.962. The molecule has 1 aromatic rings. The van der Waals surface area contributed by atoms with E-state index in [2.05, 4.69) is 25.4 Å². The van der Waals surface area contributed by atoms with E-state index < -0.39 is 0 Å². The normalized spacial score (nSPS) is 10.3. The SMILES string of the molecule is COCp1cc(C)c(C)c1. The van der Waals surface area contributed by atoms with Crippen LogP contribution in [0, 0.1) is 13.8 Å². The standard InChI is InChI=1S/C8H13OP/c1-7-4-10(6-9-3)5-8(7)2/h4-5H,6H2,1-3H3. The number of rotatable bonds is 2. The molecule has 0 atom stereocenters. The predicted octanol–water partition coefficient (Wildman–Crippen LogP) is 2.89. The molecule has 0 bridgehead atoms. The Morgan fingerprint density at radius 2 is 1.80 bits per heavy atom. The van der Waals surface area contributed by atoms with Crippen LogP contribution in [0.3, 0.4) is 0 Å². The molecule has 0 aliphatic heterocycles. The molecule has 56 valence electrons. The predicted molar refractivity (Wildman–Crippen MR) is 45.6 cm³/mol. The summed E-state index contributed by atoms with van der Waals surface area (Å²) in [5.74, 6) is 4.63. The molecule has 2 heteroatoms. The molecule has 0 saturated heterocycles. The van der Waals surface area contributed by atoms with E-state index in [0.29, 0.717) is 0 Å². The molecule has 0 fully saturated rings. The fourth-order valence-corrected chi connectivity index (χ4v) is 2.89. The average molecular weight is 156 g/mol. The van der Waals surface area contributed by atoms with Gasteiger partial charge in [0.1, 0.15) is 0 Å². The lowest BCUT2D eigenvalue weighted by Crippen LogP contribution is -1.69. The van der Waals surface area contributed by atoms with Crippen molar-refractivity contribution in [2.45, 2.75) is 20.2 Å². The van der Waals surface area contributed by atoms with Gasteiger partial charge in [-0.2, -0.15) is 0 Å². The van der Waals surface area contributed by atoms with Crippen molar-refractivity contribution < 1.29 is 4.74 Å². The van der Waals surface area contributed by atoms with Gasteiger partial charge in [0.15, 0.2) is 0 Å². The third kappa shape index (κ3) is 1.62. The third-order valence-corrected chi connectivity index (χ3v) is 3.61. The monoisotopic (exact) mass is 156 g/mol. The summed E-state index contributed by atoms with van der Waals surface area (Å²) >= 11 is 0. The second kappa shape index (κ2) is 3.23. The van der Waals surface area contributed by atoms with Gasteiger partial charge in [0.25, 0.3) is 0 Å². The summed E-state index contributed by atoms with van der Waals surface area (Å²) in [7, 11) is 1.69. The topological polar surface area (TPSA) is 9.23 Å². The molecule has 1 rings (SSSR count). The molecule has 1 nitrogen and oxygen atoms in total. The first-order chi connectivity index (χ1) is 4.74. The maximum Gasteiger partial charge on any atom is 0.0841 e. The average Bonchev–Trinajstić information content (AvgIpc) is 2.14. The number of methoxy groups -OCH3 is 1. The van der Waals surface area contributed by atoms with Gasteiger partial charge in [0, 0.05) is 7.11 Å². The van der Waals surface area contributed by atoms with Gasteiger partial charge >= 0.3 is 0 Å². The smallest absolute Gasteiger partial charge is 0.0841 e. The molecule has 0 radical (unpaired) electrons. The number of aryl methyl sites for hydroxylation is 2. The molecular formula is C8H13OP. The summed E-state index contributed by atoms with van der Waals surface area (Å²) < 4.78 is 5.06. The molecule has 0 N–H and O–H groups in total. The summed E-state index contributed by atoms with van der Waals surface area (Å²) in [4.78, 5) is 0. The summed E-state index contributed by atoms with van der Waals surface area (Å²) in [6.45, 7) is 4.31. The quantitative estimate of drug-likeness (QED) is 0.639. The molecular weight excluding hydrogens is 143 g/mol. The minimum Gasteiger partial charge on any atom is -0.376 e. The molecule has 1 heterocycles. The van der Waals surface area contributed by atoms with Gasteiger partial charge in [0.2, 0.25) is 0 Å².